The van der Waals surface area contributed by atoms with Gasteiger partial charge in [-0.25, -0.2) is 4.39 Å². The summed E-state index contributed by atoms with van der Waals surface area (Å²) in [6.45, 7) is 3.86. The number of nitrogens with zero attached hydrogens (tertiary/aromatic N) is 2. The third kappa shape index (κ3) is 3.48. The summed E-state index contributed by atoms with van der Waals surface area (Å²) in [6.07, 6.45) is 0.202. The van der Waals surface area contributed by atoms with Gasteiger partial charge in [-0.15, -0.1) is 0 Å². The third-order valence-electron chi connectivity index (χ3n) is 4.84. The van der Waals surface area contributed by atoms with Crippen molar-refractivity contribution in [1.29, 1.82) is 0 Å². The summed E-state index contributed by atoms with van der Waals surface area (Å²) in [7, 11) is 0. The van der Waals surface area contributed by atoms with E-state index < -0.39 is 0 Å². The Morgan fingerprint density at radius 3 is 2.68 bits per heavy atom. The molecule has 0 saturated heterocycles. The minimum atomic E-state index is -0.264. The lowest BCUT2D eigenvalue weighted by Gasteiger charge is -2.23. The van der Waals surface area contributed by atoms with Crippen molar-refractivity contribution in [3.05, 3.63) is 82.5 Å². The third-order valence-corrected chi connectivity index (χ3v) is 6.07. The quantitative estimate of drug-likeness (QED) is 0.447. The van der Waals surface area contributed by atoms with Crippen LogP contribution < -0.4 is 4.90 Å². The largest absolute Gasteiger partial charge is 0.361 e. The van der Waals surface area contributed by atoms with Gasteiger partial charge in [0.05, 0.1) is 18.7 Å². The lowest BCUT2D eigenvalue weighted by atomic mass is 10.1. The average molecular weight is 488 g/mol. The summed E-state index contributed by atoms with van der Waals surface area (Å²) in [5.41, 5.74) is 4.62. The number of amides is 1. The fourth-order valence-electron chi connectivity index (χ4n) is 3.32. The van der Waals surface area contributed by atoms with E-state index in [2.05, 4.69) is 27.7 Å². The highest BCUT2D eigenvalue weighted by atomic mass is 127. The molecule has 0 saturated carbocycles. The average Bonchev–Trinajstić information content (AvgIpc) is 3.08. The van der Waals surface area contributed by atoms with Gasteiger partial charge in [0.25, 0.3) is 0 Å². The van der Waals surface area contributed by atoms with Crippen LogP contribution in [0.25, 0.3) is 9.15 Å². The Morgan fingerprint density at radius 1 is 1.18 bits per heavy atom. The molecule has 3 aromatic rings. The number of hydrogen-bond acceptors (Lipinski definition) is 3. The fraction of sp³-hybridized carbons (Fsp3) is 0.182. The number of aryl methyl sites for hydroxylation is 2. The van der Waals surface area contributed by atoms with Crippen LogP contribution in [-0.2, 0) is 11.3 Å². The molecule has 1 amide bonds. The molecule has 1 aliphatic rings. The van der Waals surface area contributed by atoms with E-state index in [4.69, 9.17) is 4.52 Å². The van der Waals surface area contributed by atoms with E-state index in [1.54, 1.807) is 17.9 Å². The van der Waals surface area contributed by atoms with Crippen molar-refractivity contribution >= 4 is 43.3 Å². The van der Waals surface area contributed by atoms with E-state index in [1.165, 1.54) is 6.07 Å². The first-order valence-corrected chi connectivity index (χ1v) is 9.99. The molecule has 2 aromatic carbocycles. The van der Waals surface area contributed by atoms with Crippen molar-refractivity contribution in [3.8, 4) is 0 Å². The summed E-state index contributed by atoms with van der Waals surface area (Å²) < 4.78 is 20.2. The topological polar surface area (TPSA) is 46.3 Å². The van der Waals surface area contributed by atoms with Crippen LogP contribution in [0.5, 0.6) is 0 Å². The Morgan fingerprint density at radius 2 is 1.96 bits per heavy atom. The first kappa shape index (κ1) is 18.9. The molecule has 0 bridgehead atoms. The molecule has 4 rings (SSSR count). The SMILES string of the molecule is Cc1cc(C2=C(I)c3ccccc3N(Cc3ccc(C)c(F)c3)C(=O)C2)no1. The number of para-hydroxylation sites is 1. The van der Waals surface area contributed by atoms with Crippen molar-refractivity contribution in [2.45, 2.75) is 26.8 Å². The van der Waals surface area contributed by atoms with Crippen LogP contribution >= 0.6 is 22.6 Å². The maximum absolute atomic E-state index is 14.0. The normalized spacial score (nSPS) is 14.3. The number of fused-ring (bicyclic) bond motifs is 1. The summed E-state index contributed by atoms with van der Waals surface area (Å²) in [5, 5.41) is 4.11. The molecule has 6 heteroatoms. The highest BCUT2D eigenvalue weighted by Gasteiger charge is 2.28. The molecule has 0 radical (unpaired) electrons. The van der Waals surface area contributed by atoms with Crippen molar-refractivity contribution in [3.63, 3.8) is 0 Å². The summed E-state index contributed by atoms with van der Waals surface area (Å²) in [4.78, 5) is 14.9. The predicted molar refractivity (Wildman–Crippen MR) is 115 cm³/mol. The van der Waals surface area contributed by atoms with Crippen LogP contribution in [0, 0.1) is 19.7 Å². The Labute approximate surface area is 176 Å². The monoisotopic (exact) mass is 488 g/mol. The van der Waals surface area contributed by atoms with Gasteiger partial charge in [0.1, 0.15) is 17.3 Å². The lowest BCUT2D eigenvalue weighted by molar-refractivity contribution is -0.117. The number of hydrogen-bond donors (Lipinski definition) is 0. The molecule has 0 N–H and O–H groups in total. The molecule has 1 aliphatic heterocycles. The number of benzene rings is 2. The first-order valence-electron chi connectivity index (χ1n) is 8.91. The first-order chi connectivity index (χ1) is 13.4. The van der Waals surface area contributed by atoms with E-state index in [0.29, 0.717) is 23.6 Å². The van der Waals surface area contributed by atoms with E-state index in [-0.39, 0.29) is 18.1 Å². The van der Waals surface area contributed by atoms with Gasteiger partial charge in [-0.1, -0.05) is 35.5 Å². The molecule has 0 aliphatic carbocycles. The Hall–Kier alpha value is -2.48. The maximum Gasteiger partial charge on any atom is 0.231 e. The van der Waals surface area contributed by atoms with Crippen molar-refractivity contribution in [2.75, 3.05) is 4.90 Å². The van der Waals surface area contributed by atoms with Gasteiger partial charge in [0, 0.05) is 20.8 Å². The number of halogens is 2. The number of carbonyl (C=O) groups excluding carboxylic acids is 1. The number of anilines is 1. The Kier molecular flexibility index (Phi) is 5.05. The Balaban J connectivity index is 1.78. The zero-order valence-electron chi connectivity index (χ0n) is 15.5. The van der Waals surface area contributed by atoms with Gasteiger partial charge in [-0.05, 0) is 59.7 Å². The van der Waals surface area contributed by atoms with Gasteiger partial charge in [-0.2, -0.15) is 0 Å². The van der Waals surface area contributed by atoms with Gasteiger partial charge in [0.2, 0.25) is 5.91 Å². The lowest BCUT2D eigenvalue weighted by Crippen LogP contribution is -2.30. The Bertz CT molecular complexity index is 1100. The van der Waals surface area contributed by atoms with Gasteiger partial charge >= 0.3 is 0 Å². The molecular weight excluding hydrogens is 470 g/mol. The number of carbonyl (C=O) groups is 1. The molecular formula is C22H18FIN2O2. The molecule has 142 valence electrons. The highest BCUT2D eigenvalue weighted by molar-refractivity contribution is 14.1. The van der Waals surface area contributed by atoms with Crippen LogP contribution in [0.1, 0.15) is 34.6 Å². The zero-order chi connectivity index (χ0) is 19.8. The van der Waals surface area contributed by atoms with Crippen molar-refractivity contribution < 1.29 is 13.7 Å². The minimum Gasteiger partial charge on any atom is -0.361 e. The van der Waals surface area contributed by atoms with E-state index in [1.807, 2.05) is 43.3 Å². The van der Waals surface area contributed by atoms with Crippen LogP contribution in [-0.4, -0.2) is 11.1 Å². The smallest absolute Gasteiger partial charge is 0.231 e. The second-order valence-electron chi connectivity index (χ2n) is 6.87. The second kappa shape index (κ2) is 7.50. The van der Waals surface area contributed by atoms with Crippen LogP contribution in [0.15, 0.2) is 53.1 Å². The van der Waals surface area contributed by atoms with Gasteiger partial charge in [0.15, 0.2) is 0 Å². The summed E-state index contributed by atoms with van der Waals surface area (Å²) >= 11 is 2.27. The number of rotatable bonds is 3. The molecule has 0 spiro atoms. The van der Waals surface area contributed by atoms with Gasteiger partial charge < -0.3 is 9.42 Å². The molecule has 0 atom stereocenters. The molecule has 4 nitrogen and oxygen atoms in total. The van der Waals surface area contributed by atoms with Crippen LogP contribution in [0.4, 0.5) is 10.1 Å². The molecule has 28 heavy (non-hydrogen) atoms. The summed E-state index contributed by atoms with van der Waals surface area (Å²) in [6, 6.07) is 14.7. The molecule has 0 fully saturated rings. The molecule has 2 heterocycles. The standard InChI is InChI=1S/C22H18FIN2O2/c1-13-7-8-15(10-18(13)23)12-26-20-6-4-3-5-16(20)22(24)17(11-21(26)27)19-9-14(2)28-25-19/h3-10H,11-12H2,1-2H3. The van der Waals surface area contributed by atoms with Crippen LogP contribution in [0.3, 0.4) is 0 Å². The van der Waals surface area contributed by atoms with Crippen LogP contribution in [0.2, 0.25) is 0 Å². The second-order valence-corrected chi connectivity index (χ2v) is 7.95. The van der Waals surface area contributed by atoms with E-state index >= 15 is 0 Å². The van der Waals surface area contributed by atoms with Crippen molar-refractivity contribution in [1.82, 2.24) is 5.16 Å². The fourth-order valence-corrected chi connectivity index (χ4v) is 4.24. The zero-order valence-corrected chi connectivity index (χ0v) is 17.7. The highest BCUT2D eigenvalue weighted by Crippen LogP contribution is 2.42. The molecule has 1 aromatic heterocycles. The van der Waals surface area contributed by atoms with Crippen molar-refractivity contribution in [2.24, 2.45) is 0 Å². The van der Waals surface area contributed by atoms with Gasteiger partial charge in [-0.3, -0.25) is 4.79 Å². The van der Waals surface area contributed by atoms with E-state index in [0.717, 1.165) is 26.0 Å². The molecule has 0 unspecified atom stereocenters. The van der Waals surface area contributed by atoms with E-state index in [9.17, 15) is 9.18 Å². The number of aromatic nitrogens is 1. The maximum atomic E-state index is 14.0. The minimum absolute atomic E-state index is 0.0595. The predicted octanol–water partition coefficient (Wildman–Crippen LogP) is 5.67. The summed E-state index contributed by atoms with van der Waals surface area (Å²) in [5.74, 6) is 0.374.